The van der Waals surface area contributed by atoms with Gasteiger partial charge in [-0.3, -0.25) is 4.79 Å². The summed E-state index contributed by atoms with van der Waals surface area (Å²) in [4.78, 5) is 40.0. The smallest absolute Gasteiger partial charge is 0.408 e. The van der Waals surface area contributed by atoms with Gasteiger partial charge in [-0.2, -0.15) is 10.2 Å². The zero-order chi connectivity index (χ0) is 24.4. The fourth-order valence-electron chi connectivity index (χ4n) is 2.38. The van der Waals surface area contributed by atoms with Crippen molar-refractivity contribution in [3.8, 4) is 5.75 Å². The molecule has 11 heteroatoms. The van der Waals surface area contributed by atoms with Crippen molar-refractivity contribution >= 4 is 35.3 Å². The van der Waals surface area contributed by atoms with Gasteiger partial charge in [-0.15, -0.1) is 0 Å². The summed E-state index contributed by atoms with van der Waals surface area (Å²) in [6.45, 7) is 6.62. The number of rotatable bonds is 8. The number of amides is 2. The van der Waals surface area contributed by atoms with Gasteiger partial charge in [-0.1, -0.05) is 25.1 Å². The molecule has 0 spiro atoms. The predicted molar refractivity (Wildman–Crippen MR) is 122 cm³/mol. The van der Waals surface area contributed by atoms with E-state index in [0.717, 1.165) is 0 Å². The molecule has 4 N–H and O–H groups in total. The topological polar surface area (TPSA) is 157 Å². The van der Waals surface area contributed by atoms with Gasteiger partial charge in [0.2, 0.25) is 5.91 Å². The van der Waals surface area contributed by atoms with Crippen LogP contribution in [0.25, 0.3) is 0 Å². The van der Waals surface area contributed by atoms with E-state index in [1.54, 1.807) is 52.0 Å². The van der Waals surface area contributed by atoms with Crippen LogP contribution < -0.4 is 21.1 Å². The summed E-state index contributed by atoms with van der Waals surface area (Å²) in [5, 5.41) is 12.9. The molecule has 2 rings (SSSR count). The number of nitrogens with two attached hydrogens (primary N) is 1. The van der Waals surface area contributed by atoms with Crippen LogP contribution in [0, 0.1) is 0 Å². The van der Waals surface area contributed by atoms with Crippen molar-refractivity contribution in [1.29, 1.82) is 0 Å². The Hall–Kier alpha value is -4.02. The average molecular weight is 457 g/mol. The summed E-state index contributed by atoms with van der Waals surface area (Å²) in [6.07, 6.45) is -0.335. The number of carbonyl (C=O) groups excluding carboxylic acids is 3. The number of nitrogens with one attached hydrogen (secondary N) is 2. The van der Waals surface area contributed by atoms with E-state index in [1.807, 2.05) is 6.07 Å². The van der Waals surface area contributed by atoms with Crippen LogP contribution in [0.3, 0.4) is 0 Å². The second-order valence-electron chi connectivity index (χ2n) is 7.88. The number of pyridine rings is 1. The first-order chi connectivity index (χ1) is 15.6. The van der Waals surface area contributed by atoms with Crippen LogP contribution in [0.5, 0.6) is 5.75 Å². The van der Waals surface area contributed by atoms with Crippen LogP contribution in [-0.2, 0) is 14.3 Å². The van der Waals surface area contributed by atoms with E-state index in [2.05, 4.69) is 25.8 Å². The van der Waals surface area contributed by atoms with E-state index in [4.69, 9.17) is 15.2 Å². The Bertz CT molecular complexity index is 1000. The van der Waals surface area contributed by atoms with Gasteiger partial charge >= 0.3 is 12.1 Å². The zero-order valence-corrected chi connectivity index (χ0v) is 19.0. The van der Waals surface area contributed by atoms with Gasteiger partial charge in [-0.25, -0.2) is 14.6 Å². The van der Waals surface area contributed by atoms with Crippen molar-refractivity contribution < 1.29 is 23.9 Å². The summed E-state index contributed by atoms with van der Waals surface area (Å²) in [5.41, 5.74) is 5.45. The Morgan fingerprint density at radius 1 is 1.12 bits per heavy atom. The number of anilines is 2. The molecule has 2 amide bonds. The number of nitrogen functional groups attached to an aromatic ring is 1. The average Bonchev–Trinajstić information content (AvgIpc) is 2.73. The standard InChI is InChI=1S/C22H28N6O5/c1-5-15(20(30)32-14-9-7-6-8-10-14)27-28-16-11-12-17(26-19(16)23)25-18(29)13-24-21(31)33-22(2,3)4/h6-12,15H,5,13H2,1-4H3,(H,24,31)(H3,23,25,26,29). The molecule has 0 radical (unpaired) electrons. The highest BCUT2D eigenvalue weighted by atomic mass is 16.6. The number of ether oxygens (including phenoxy) is 2. The molecule has 33 heavy (non-hydrogen) atoms. The lowest BCUT2D eigenvalue weighted by Crippen LogP contribution is -2.37. The molecule has 0 bridgehead atoms. The zero-order valence-electron chi connectivity index (χ0n) is 19.0. The van der Waals surface area contributed by atoms with Gasteiger partial charge in [0.25, 0.3) is 0 Å². The third-order valence-electron chi connectivity index (χ3n) is 3.89. The minimum absolute atomic E-state index is 0.00271. The molecule has 176 valence electrons. The van der Waals surface area contributed by atoms with Gasteiger partial charge in [0.15, 0.2) is 11.9 Å². The maximum absolute atomic E-state index is 12.3. The number of carbonyl (C=O) groups is 3. The molecule has 0 aliphatic carbocycles. The van der Waals surface area contributed by atoms with Gasteiger partial charge < -0.3 is 25.8 Å². The molecule has 0 saturated heterocycles. The van der Waals surface area contributed by atoms with Crippen LogP contribution in [0.1, 0.15) is 34.1 Å². The first-order valence-electron chi connectivity index (χ1n) is 10.3. The van der Waals surface area contributed by atoms with Gasteiger partial charge in [-0.05, 0) is 51.5 Å². The van der Waals surface area contributed by atoms with Crippen LogP contribution in [0.2, 0.25) is 0 Å². The summed E-state index contributed by atoms with van der Waals surface area (Å²) in [5.74, 6) is -0.475. The molecule has 0 saturated carbocycles. The largest absolute Gasteiger partial charge is 0.444 e. The number of aromatic nitrogens is 1. The van der Waals surface area contributed by atoms with E-state index in [1.165, 1.54) is 12.1 Å². The Morgan fingerprint density at radius 3 is 2.42 bits per heavy atom. The highest BCUT2D eigenvalue weighted by molar-refractivity contribution is 5.93. The van der Waals surface area contributed by atoms with Crippen molar-refractivity contribution in [2.45, 2.75) is 45.8 Å². The third-order valence-corrected chi connectivity index (χ3v) is 3.89. The normalized spacial score (nSPS) is 12.1. The molecule has 0 aliphatic rings. The maximum Gasteiger partial charge on any atom is 0.408 e. The quantitative estimate of drug-likeness (QED) is 0.311. The maximum atomic E-state index is 12.3. The molecule has 2 aromatic rings. The van der Waals surface area contributed by atoms with Gasteiger partial charge in [0.1, 0.15) is 29.4 Å². The van der Waals surface area contributed by atoms with Crippen molar-refractivity contribution in [3.05, 3.63) is 42.5 Å². The summed E-state index contributed by atoms with van der Waals surface area (Å²) >= 11 is 0. The molecule has 1 heterocycles. The van der Waals surface area contributed by atoms with Gasteiger partial charge in [0, 0.05) is 0 Å². The van der Waals surface area contributed by atoms with Crippen LogP contribution in [-0.4, -0.2) is 41.1 Å². The minimum atomic E-state index is -0.817. The van der Waals surface area contributed by atoms with E-state index in [9.17, 15) is 14.4 Å². The first-order valence-corrected chi connectivity index (χ1v) is 10.3. The number of nitrogens with zero attached hydrogens (tertiary/aromatic N) is 3. The molecule has 0 fully saturated rings. The van der Waals surface area contributed by atoms with Crippen molar-refractivity contribution in [1.82, 2.24) is 10.3 Å². The lowest BCUT2D eigenvalue weighted by Gasteiger charge is -2.19. The summed E-state index contributed by atoms with van der Waals surface area (Å²) in [7, 11) is 0. The SMILES string of the molecule is CCC(N=Nc1ccc(NC(=O)CNC(=O)OC(C)(C)C)nc1N)C(=O)Oc1ccccc1. The lowest BCUT2D eigenvalue weighted by atomic mass is 10.2. The predicted octanol–water partition coefficient (Wildman–Crippen LogP) is 3.59. The number of hydrogen-bond donors (Lipinski definition) is 3. The Kier molecular flexibility index (Phi) is 8.84. The van der Waals surface area contributed by atoms with Crippen molar-refractivity contribution in [2.24, 2.45) is 10.2 Å². The Balaban J connectivity index is 1.93. The highest BCUT2D eigenvalue weighted by Gasteiger charge is 2.19. The molecule has 1 aromatic carbocycles. The summed E-state index contributed by atoms with van der Waals surface area (Å²) < 4.78 is 10.3. The number of esters is 1. The molecule has 1 aromatic heterocycles. The second-order valence-corrected chi connectivity index (χ2v) is 7.88. The van der Waals surface area contributed by atoms with Crippen LogP contribution in [0.4, 0.5) is 22.1 Å². The number of para-hydroxylation sites is 1. The number of alkyl carbamates (subject to hydrolysis) is 1. The lowest BCUT2D eigenvalue weighted by molar-refractivity contribution is -0.136. The van der Waals surface area contributed by atoms with E-state index >= 15 is 0 Å². The van der Waals surface area contributed by atoms with E-state index in [-0.39, 0.29) is 23.9 Å². The molecule has 1 atom stereocenters. The number of benzene rings is 1. The monoisotopic (exact) mass is 456 g/mol. The number of azo groups is 1. The first kappa shape index (κ1) is 25.2. The highest BCUT2D eigenvalue weighted by Crippen LogP contribution is 2.23. The third kappa shape index (κ3) is 8.93. The Labute approximate surface area is 191 Å². The minimum Gasteiger partial charge on any atom is -0.444 e. The molecule has 0 aliphatic heterocycles. The Morgan fingerprint density at radius 2 is 1.82 bits per heavy atom. The number of hydrogen-bond acceptors (Lipinski definition) is 9. The van der Waals surface area contributed by atoms with E-state index in [0.29, 0.717) is 12.2 Å². The molecular formula is C22H28N6O5. The van der Waals surface area contributed by atoms with Gasteiger partial charge in [0.05, 0.1) is 0 Å². The second kappa shape index (κ2) is 11.6. The fourth-order valence-corrected chi connectivity index (χ4v) is 2.38. The van der Waals surface area contributed by atoms with E-state index < -0.39 is 29.6 Å². The summed E-state index contributed by atoms with van der Waals surface area (Å²) in [6, 6.07) is 10.8. The molecule has 11 nitrogen and oxygen atoms in total. The van der Waals surface area contributed by atoms with Crippen LogP contribution in [0.15, 0.2) is 52.7 Å². The van der Waals surface area contributed by atoms with Crippen molar-refractivity contribution in [3.63, 3.8) is 0 Å². The molecule has 1 unspecified atom stereocenters. The molecular weight excluding hydrogens is 428 g/mol. The van der Waals surface area contributed by atoms with Crippen LogP contribution >= 0.6 is 0 Å². The van der Waals surface area contributed by atoms with Crippen molar-refractivity contribution in [2.75, 3.05) is 17.6 Å². The fraction of sp³-hybridized carbons (Fsp3) is 0.364.